The Balaban J connectivity index is 2.16. The number of fused-ring (bicyclic) bond motifs is 1. The van der Waals surface area contributed by atoms with E-state index in [1.165, 1.54) is 0 Å². The number of nitrogens with one attached hydrogen (secondary N) is 1. The lowest BCUT2D eigenvalue weighted by Crippen LogP contribution is -2.49. The molecule has 0 radical (unpaired) electrons. The monoisotopic (exact) mass is 326 g/mol. The number of benzene rings is 1. The predicted molar refractivity (Wildman–Crippen MR) is 93.5 cm³/mol. The summed E-state index contributed by atoms with van der Waals surface area (Å²) >= 11 is 0. The van der Waals surface area contributed by atoms with E-state index in [0.717, 1.165) is 10.9 Å². The SMILES string of the molecule is CC#CC(C)(C)NC(=O)C(OCC)Oc1ccc2ncccc2c1. The largest absolute Gasteiger partial charge is 0.455 e. The first-order valence-electron chi connectivity index (χ1n) is 7.84. The van der Waals surface area contributed by atoms with Gasteiger partial charge in [-0.25, -0.2) is 0 Å². The van der Waals surface area contributed by atoms with E-state index in [2.05, 4.69) is 22.1 Å². The van der Waals surface area contributed by atoms with E-state index in [1.807, 2.05) is 45.0 Å². The second-order valence-electron chi connectivity index (χ2n) is 5.75. The van der Waals surface area contributed by atoms with Gasteiger partial charge in [-0.15, -0.1) is 5.92 Å². The van der Waals surface area contributed by atoms with Crippen molar-refractivity contribution in [2.45, 2.75) is 39.5 Å². The van der Waals surface area contributed by atoms with Gasteiger partial charge in [0.1, 0.15) is 5.75 Å². The maximum Gasteiger partial charge on any atom is 0.290 e. The summed E-state index contributed by atoms with van der Waals surface area (Å²) in [6, 6.07) is 9.23. The van der Waals surface area contributed by atoms with Gasteiger partial charge >= 0.3 is 0 Å². The van der Waals surface area contributed by atoms with Gasteiger partial charge in [-0.05, 0) is 52.0 Å². The van der Waals surface area contributed by atoms with Crippen molar-refractivity contribution < 1.29 is 14.3 Å². The molecule has 0 saturated heterocycles. The Morgan fingerprint density at radius 2 is 2.17 bits per heavy atom. The van der Waals surface area contributed by atoms with Gasteiger partial charge in [-0.3, -0.25) is 9.78 Å². The van der Waals surface area contributed by atoms with E-state index < -0.39 is 11.8 Å². The highest BCUT2D eigenvalue weighted by molar-refractivity contribution is 5.82. The molecule has 0 fully saturated rings. The molecular weight excluding hydrogens is 304 g/mol. The minimum Gasteiger partial charge on any atom is -0.455 e. The summed E-state index contributed by atoms with van der Waals surface area (Å²) in [7, 11) is 0. The minimum absolute atomic E-state index is 0.354. The molecule has 2 aromatic rings. The van der Waals surface area contributed by atoms with E-state index in [-0.39, 0.29) is 5.91 Å². The average molecular weight is 326 g/mol. The van der Waals surface area contributed by atoms with Gasteiger partial charge in [0.15, 0.2) is 0 Å². The number of amides is 1. The van der Waals surface area contributed by atoms with E-state index in [9.17, 15) is 4.79 Å². The van der Waals surface area contributed by atoms with E-state index in [4.69, 9.17) is 9.47 Å². The number of nitrogens with zero attached hydrogens (tertiary/aromatic N) is 1. The summed E-state index contributed by atoms with van der Waals surface area (Å²) in [5.74, 6) is 5.92. The highest BCUT2D eigenvalue weighted by Crippen LogP contribution is 2.20. The van der Waals surface area contributed by atoms with Crippen LogP contribution in [0.2, 0.25) is 0 Å². The maximum atomic E-state index is 12.5. The summed E-state index contributed by atoms with van der Waals surface area (Å²) in [5, 5.41) is 3.76. The molecule has 24 heavy (non-hydrogen) atoms. The highest BCUT2D eigenvalue weighted by atomic mass is 16.7. The fourth-order valence-corrected chi connectivity index (χ4v) is 2.28. The van der Waals surface area contributed by atoms with Crippen LogP contribution < -0.4 is 10.1 Å². The quantitative estimate of drug-likeness (QED) is 0.655. The second kappa shape index (κ2) is 7.80. The third-order valence-corrected chi connectivity index (χ3v) is 3.22. The fraction of sp³-hybridized carbons (Fsp3) is 0.368. The summed E-state index contributed by atoms with van der Waals surface area (Å²) in [4.78, 5) is 16.7. The minimum atomic E-state index is -1.04. The van der Waals surface area contributed by atoms with Crippen molar-refractivity contribution in [3.8, 4) is 17.6 Å². The third kappa shape index (κ3) is 4.71. The molecule has 1 N–H and O–H groups in total. The number of aromatic nitrogens is 1. The Morgan fingerprint density at radius 3 is 2.88 bits per heavy atom. The van der Waals surface area contributed by atoms with E-state index >= 15 is 0 Å². The first-order valence-corrected chi connectivity index (χ1v) is 7.84. The molecule has 0 bridgehead atoms. The summed E-state index contributed by atoms with van der Waals surface area (Å²) in [6.07, 6.45) is 0.693. The number of hydrogen-bond acceptors (Lipinski definition) is 4. The van der Waals surface area contributed by atoms with Crippen LogP contribution in [0.25, 0.3) is 10.9 Å². The summed E-state index contributed by atoms with van der Waals surface area (Å²) in [5.41, 5.74) is 0.208. The van der Waals surface area contributed by atoms with Crippen LogP contribution in [0.3, 0.4) is 0 Å². The molecule has 0 aliphatic rings. The van der Waals surface area contributed by atoms with E-state index in [1.54, 1.807) is 19.2 Å². The van der Waals surface area contributed by atoms with Crippen molar-refractivity contribution in [1.82, 2.24) is 10.3 Å². The van der Waals surface area contributed by atoms with Gasteiger partial charge in [-0.1, -0.05) is 12.0 Å². The van der Waals surface area contributed by atoms with Gasteiger partial charge < -0.3 is 14.8 Å². The third-order valence-electron chi connectivity index (χ3n) is 3.22. The van der Waals surface area contributed by atoms with Gasteiger partial charge in [0.05, 0.1) is 11.1 Å². The van der Waals surface area contributed by atoms with Crippen LogP contribution in [0.1, 0.15) is 27.7 Å². The smallest absolute Gasteiger partial charge is 0.290 e. The molecule has 126 valence electrons. The van der Waals surface area contributed by atoms with Crippen LogP contribution in [-0.4, -0.2) is 29.3 Å². The lowest BCUT2D eigenvalue weighted by atomic mass is 10.1. The molecule has 0 saturated carbocycles. The van der Waals surface area contributed by atoms with Crippen LogP contribution in [0, 0.1) is 11.8 Å². The molecule has 0 aliphatic heterocycles. The van der Waals surface area contributed by atoms with Gasteiger partial charge in [0.25, 0.3) is 12.2 Å². The molecule has 1 atom stereocenters. The normalized spacial score (nSPS) is 12.2. The number of hydrogen-bond donors (Lipinski definition) is 1. The molecule has 1 amide bonds. The number of rotatable bonds is 6. The topological polar surface area (TPSA) is 60.5 Å². The Hall–Kier alpha value is -2.58. The number of carbonyl (C=O) groups is 1. The highest BCUT2D eigenvalue weighted by Gasteiger charge is 2.26. The second-order valence-corrected chi connectivity index (χ2v) is 5.75. The van der Waals surface area contributed by atoms with Crippen LogP contribution in [0.15, 0.2) is 36.5 Å². The zero-order valence-electron chi connectivity index (χ0n) is 14.4. The Morgan fingerprint density at radius 1 is 1.38 bits per heavy atom. The summed E-state index contributed by atoms with van der Waals surface area (Å²) in [6.45, 7) is 7.55. The first kappa shape index (κ1) is 17.8. The zero-order chi connectivity index (χ0) is 17.6. The van der Waals surface area contributed by atoms with Gasteiger partial charge in [0, 0.05) is 18.2 Å². The molecule has 2 rings (SSSR count). The summed E-state index contributed by atoms with van der Waals surface area (Å²) < 4.78 is 11.2. The Kier molecular flexibility index (Phi) is 5.78. The van der Waals surface area contributed by atoms with Crippen LogP contribution in [0.4, 0.5) is 0 Å². The van der Waals surface area contributed by atoms with E-state index in [0.29, 0.717) is 12.4 Å². The first-order chi connectivity index (χ1) is 11.4. The van der Waals surface area contributed by atoms with Crippen LogP contribution >= 0.6 is 0 Å². The standard InChI is InChI=1S/C19H22N2O3/c1-5-11-19(3,4)21-17(22)18(23-6-2)24-15-9-10-16-14(13-15)8-7-12-20-16/h7-10,12-13,18H,6H2,1-4H3,(H,21,22). The molecule has 1 aromatic heterocycles. The number of carbonyl (C=O) groups excluding carboxylic acids is 1. The van der Waals surface area contributed by atoms with Crippen molar-refractivity contribution in [2.24, 2.45) is 0 Å². The number of pyridine rings is 1. The average Bonchev–Trinajstić information content (AvgIpc) is 2.53. The molecular formula is C19H22N2O3. The molecule has 1 aromatic carbocycles. The molecule has 1 unspecified atom stereocenters. The molecule has 1 heterocycles. The molecule has 5 heteroatoms. The molecule has 0 spiro atoms. The lowest BCUT2D eigenvalue weighted by molar-refractivity contribution is -0.153. The lowest BCUT2D eigenvalue weighted by Gasteiger charge is -2.24. The van der Waals surface area contributed by atoms with Crippen LogP contribution in [0.5, 0.6) is 5.75 Å². The van der Waals surface area contributed by atoms with Crippen molar-refractivity contribution in [3.63, 3.8) is 0 Å². The predicted octanol–water partition coefficient (Wildman–Crippen LogP) is 2.89. The molecule has 0 aliphatic carbocycles. The van der Waals surface area contributed by atoms with Gasteiger partial charge in [-0.2, -0.15) is 0 Å². The van der Waals surface area contributed by atoms with Crippen molar-refractivity contribution in [2.75, 3.05) is 6.61 Å². The van der Waals surface area contributed by atoms with Crippen molar-refractivity contribution >= 4 is 16.8 Å². The maximum absolute atomic E-state index is 12.5. The Labute approximate surface area is 142 Å². The van der Waals surface area contributed by atoms with Gasteiger partial charge in [0.2, 0.25) is 0 Å². The zero-order valence-corrected chi connectivity index (χ0v) is 14.4. The van der Waals surface area contributed by atoms with Crippen molar-refractivity contribution in [1.29, 1.82) is 0 Å². The molecule has 5 nitrogen and oxygen atoms in total. The Bertz CT molecular complexity index is 775. The van der Waals surface area contributed by atoms with Crippen molar-refractivity contribution in [3.05, 3.63) is 36.5 Å². The fourth-order valence-electron chi connectivity index (χ4n) is 2.28. The van der Waals surface area contributed by atoms with Crippen LogP contribution in [-0.2, 0) is 9.53 Å². The number of ether oxygens (including phenoxy) is 2.